The minimum Gasteiger partial charge on any atom is -0.339 e. The van der Waals surface area contributed by atoms with Gasteiger partial charge in [0, 0.05) is 38.8 Å². The summed E-state index contributed by atoms with van der Waals surface area (Å²) in [7, 11) is 0. The number of hydrogen-bond acceptors (Lipinski definition) is 5. The van der Waals surface area contributed by atoms with Crippen molar-refractivity contribution in [1.29, 1.82) is 0 Å². The van der Waals surface area contributed by atoms with Gasteiger partial charge in [-0.25, -0.2) is 15.0 Å². The Morgan fingerprint density at radius 2 is 1.91 bits per heavy atom. The molecule has 0 N–H and O–H groups in total. The zero-order valence-electron chi connectivity index (χ0n) is 19.7. The highest BCUT2D eigenvalue weighted by atomic mass is 16.2. The van der Waals surface area contributed by atoms with Gasteiger partial charge in [-0.1, -0.05) is 12.1 Å². The fraction of sp³-hybridized carbons (Fsp3) is 0.480. The molecular weight excluding hydrogens is 416 g/mol. The van der Waals surface area contributed by atoms with Crippen LogP contribution >= 0.6 is 0 Å². The van der Waals surface area contributed by atoms with E-state index in [1.807, 2.05) is 54.5 Å². The van der Waals surface area contributed by atoms with Crippen molar-refractivity contribution in [2.45, 2.75) is 59.0 Å². The molecule has 0 saturated carbocycles. The molecule has 0 radical (unpaired) electrons. The van der Waals surface area contributed by atoms with Crippen molar-refractivity contribution in [1.82, 2.24) is 29.3 Å². The molecule has 174 valence electrons. The normalized spacial score (nSPS) is 16.2. The Labute approximate surface area is 194 Å². The summed E-state index contributed by atoms with van der Waals surface area (Å²) in [5.41, 5.74) is 3.17. The smallest absolute Gasteiger partial charge is 0.257 e. The average molecular weight is 449 g/mol. The Balaban J connectivity index is 1.49. The van der Waals surface area contributed by atoms with Gasteiger partial charge in [-0.05, 0) is 52.2 Å². The van der Waals surface area contributed by atoms with Gasteiger partial charge in [-0.15, -0.1) is 0 Å². The number of carbonyl (C=O) groups is 2. The lowest BCUT2D eigenvalue weighted by atomic mass is 10.0. The summed E-state index contributed by atoms with van der Waals surface area (Å²) in [5.74, 6) is 0.681. The summed E-state index contributed by atoms with van der Waals surface area (Å²) < 4.78 is 2.03. The first-order chi connectivity index (χ1) is 16.0. The van der Waals surface area contributed by atoms with E-state index in [9.17, 15) is 9.59 Å². The third-order valence-electron chi connectivity index (χ3n) is 6.49. The van der Waals surface area contributed by atoms with E-state index in [1.165, 1.54) is 0 Å². The molecule has 1 aliphatic heterocycles. The van der Waals surface area contributed by atoms with Crippen molar-refractivity contribution in [3.63, 3.8) is 0 Å². The molecule has 0 aliphatic carbocycles. The van der Waals surface area contributed by atoms with Gasteiger partial charge < -0.3 is 14.4 Å². The maximum absolute atomic E-state index is 13.2. The van der Waals surface area contributed by atoms with E-state index in [4.69, 9.17) is 0 Å². The van der Waals surface area contributed by atoms with Crippen LogP contribution in [0.2, 0.25) is 0 Å². The van der Waals surface area contributed by atoms with Crippen molar-refractivity contribution in [2.24, 2.45) is 0 Å². The van der Waals surface area contributed by atoms with Crippen LogP contribution in [0.3, 0.4) is 0 Å². The van der Waals surface area contributed by atoms with Gasteiger partial charge in [0.1, 0.15) is 0 Å². The average Bonchev–Trinajstić information content (AvgIpc) is 3.26. The minimum absolute atomic E-state index is 0.0480. The maximum Gasteiger partial charge on any atom is 0.257 e. The summed E-state index contributed by atoms with van der Waals surface area (Å²) in [6.45, 7) is 8.35. The van der Waals surface area contributed by atoms with E-state index in [2.05, 4.69) is 15.0 Å². The molecule has 2 aromatic heterocycles. The molecule has 1 fully saturated rings. The molecule has 3 aromatic rings. The zero-order valence-corrected chi connectivity index (χ0v) is 19.7. The monoisotopic (exact) mass is 448 g/mol. The predicted molar refractivity (Wildman–Crippen MR) is 127 cm³/mol. The number of carbonyl (C=O) groups excluding carboxylic acids is 2. The quantitative estimate of drug-likeness (QED) is 0.549. The molecule has 1 saturated heterocycles. The van der Waals surface area contributed by atoms with Crippen LogP contribution in [0.4, 0.5) is 0 Å². The molecule has 1 atom stereocenters. The van der Waals surface area contributed by atoms with Crippen molar-refractivity contribution >= 4 is 22.8 Å². The van der Waals surface area contributed by atoms with E-state index in [1.54, 1.807) is 17.4 Å². The van der Waals surface area contributed by atoms with Crippen molar-refractivity contribution in [3.8, 4) is 0 Å². The number of amides is 2. The Morgan fingerprint density at radius 3 is 2.67 bits per heavy atom. The first-order valence-corrected chi connectivity index (χ1v) is 11.9. The molecule has 4 rings (SSSR count). The van der Waals surface area contributed by atoms with Gasteiger partial charge in [-0.2, -0.15) is 0 Å². The third kappa shape index (κ3) is 4.74. The van der Waals surface area contributed by atoms with Crippen LogP contribution < -0.4 is 0 Å². The summed E-state index contributed by atoms with van der Waals surface area (Å²) in [6, 6.07) is 7.79. The molecule has 1 aliphatic rings. The summed E-state index contributed by atoms with van der Waals surface area (Å²) in [5, 5.41) is 0. The molecule has 0 spiro atoms. The number of fused-ring (bicyclic) bond motifs is 1. The molecule has 33 heavy (non-hydrogen) atoms. The summed E-state index contributed by atoms with van der Waals surface area (Å²) in [4.78, 5) is 43.3. The van der Waals surface area contributed by atoms with Gasteiger partial charge in [0.05, 0.1) is 34.7 Å². The Bertz CT molecular complexity index is 1140. The van der Waals surface area contributed by atoms with Crippen LogP contribution in [-0.4, -0.2) is 60.8 Å². The summed E-state index contributed by atoms with van der Waals surface area (Å²) in [6.07, 6.45) is 6.67. The molecule has 2 amide bonds. The van der Waals surface area contributed by atoms with E-state index < -0.39 is 0 Å². The lowest BCUT2D eigenvalue weighted by Gasteiger charge is -2.35. The zero-order chi connectivity index (χ0) is 23.4. The van der Waals surface area contributed by atoms with Crippen LogP contribution in [-0.2, 0) is 11.3 Å². The Hall–Kier alpha value is -3.29. The van der Waals surface area contributed by atoms with Gasteiger partial charge in [0.25, 0.3) is 5.91 Å². The fourth-order valence-corrected chi connectivity index (χ4v) is 4.58. The largest absolute Gasteiger partial charge is 0.339 e. The number of imidazole rings is 1. The molecule has 8 heteroatoms. The fourth-order valence-electron chi connectivity index (χ4n) is 4.58. The number of nitrogens with zero attached hydrogens (tertiary/aromatic N) is 6. The molecule has 1 unspecified atom stereocenters. The van der Waals surface area contributed by atoms with E-state index in [-0.39, 0.29) is 17.9 Å². The predicted octanol–water partition coefficient (Wildman–Crippen LogP) is 3.76. The second-order valence-corrected chi connectivity index (χ2v) is 8.48. The molecular formula is C25H32N6O2. The van der Waals surface area contributed by atoms with Crippen molar-refractivity contribution in [3.05, 3.63) is 53.9 Å². The van der Waals surface area contributed by atoms with Crippen LogP contribution in [0, 0.1) is 6.92 Å². The molecule has 1 aromatic carbocycles. The first-order valence-electron chi connectivity index (χ1n) is 11.9. The van der Waals surface area contributed by atoms with Crippen LogP contribution in [0.25, 0.3) is 11.0 Å². The lowest BCUT2D eigenvalue weighted by Crippen LogP contribution is -2.40. The third-order valence-corrected chi connectivity index (χ3v) is 6.49. The van der Waals surface area contributed by atoms with Gasteiger partial charge in [-0.3, -0.25) is 9.59 Å². The number of para-hydroxylation sites is 2. The van der Waals surface area contributed by atoms with E-state index >= 15 is 0 Å². The van der Waals surface area contributed by atoms with Crippen LogP contribution in [0.5, 0.6) is 0 Å². The highest BCUT2D eigenvalue weighted by Gasteiger charge is 2.30. The maximum atomic E-state index is 13.2. The van der Waals surface area contributed by atoms with Crippen LogP contribution in [0.1, 0.15) is 67.4 Å². The van der Waals surface area contributed by atoms with Crippen molar-refractivity contribution in [2.75, 3.05) is 19.6 Å². The second-order valence-electron chi connectivity index (χ2n) is 8.48. The molecule has 3 heterocycles. The highest BCUT2D eigenvalue weighted by Crippen LogP contribution is 2.30. The second kappa shape index (κ2) is 10.1. The lowest BCUT2D eigenvalue weighted by molar-refractivity contribution is -0.135. The Kier molecular flexibility index (Phi) is 7.01. The SMILES string of the molecule is CCN(CC)C(=O)c1cnc(C2CCCCN2C(=O)CCn2cnc3ccccc32)nc1C. The van der Waals surface area contributed by atoms with Gasteiger partial charge >= 0.3 is 0 Å². The van der Waals surface area contributed by atoms with E-state index in [0.29, 0.717) is 49.7 Å². The molecule has 0 bridgehead atoms. The number of piperidine rings is 1. The number of likely N-dealkylation sites (tertiary alicyclic amines) is 1. The molecule has 8 nitrogen and oxygen atoms in total. The topological polar surface area (TPSA) is 84.2 Å². The van der Waals surface area contributed by atoms with Gasteiger partial charge in [0.15, 0.2) is 5.82 Å². The van der Waals surface area contributed by atoms with E-state index in [0.717, 1.165) is 30.3 Å². The number of aromatic nitrogens is 4. The first kappa shape index (κ1) is 22.9. The number of benzene rings is 1. The van der Waals surface area contributed by atoms with Gasteiger partial charge in [0.2, 0.25) is 5.91 Å². The minimum atomic E-state index is -0.151. The number of rotatable bonds is 7. The van der Waals surface area contributed by atoms with Crippen molar-refractivity contribution < 1.29 is 9.59 Å². The standard InChI is InChI=1S/C25H32N6O2/c1-4-29(5-2)25(33)19-16-26-24(28-18(19)3)22-12-8-9-14-31(22)23(32)13-15-30-17-27-20-10-6-7-11-21(20)30/h6-7,10-11,16-17,22H,4-5,8-9,12-15H2,1-3H3. The highest BCUT2D eigenvalue weighted by molar-refractivity contribution is 5.94. The number of aryl methyl sites for hydroxylation is 2. The Morgan fingerprint density at radius 1 is 1.12 bits per heavy atom. The van der Waals surface area contributed by atoms with Crippen LogP contribution in [0.15, 0.2) is 36.8 Å². The number of hydrogen-bond donors (Lipinski definition) is 0. The summed E-state index contributed by atoms with van der Waals surface area (Å²) >= 11 is 0.